The van der Waals surface area contributed by atoms with Gasteiger partial charge in [0.1, 0.15) is 0 Å². The van der Waals surface area contributed by atoms with Gasteiger partial charge in [0.25, 0.3) is 0 Å². The van der Waals surface area contributed by atoms with Crippen LogP contribution in [0.5, 0.6) is 0 Å². The lowest BCUT2D eigenvalue weighted by molar-refractivity contribution is 0.367. The van der Waals surface area contributed by atoms with Crippen molar-refractivity contribution in [1.29, 1.82) is 0 Å². The summed E-state index contributed by atoms with van der Waals surface area (Å²) in [7, 11) is -2.46. The van der Waals surface area contributed by atoms with Crippen LogP contribution in [0, 0.1) is 0 Å². The first-order valence-electron chi connectivity index (χ1n) is 6.93. The molecule has 0 atom stereocenters. The van der Waals surface area contributed by atoms with Crippen molar-refractivity contribution in [2.45, 2.75) is 82.4 Å². The van der Waals surface area contributed by atoms with Crippen LogP contribution in [-0.2, 0) is 5.54 Å². The van der Waals surface area contributed by atoms with Gasteiger partial charge in [-0.1, -0.05) is 0 Å². The summed E-state index contributed by atoms with van der Waals surface area (Å²) in [5.41, 5.74) is -0.0975. The van der Waals surface area contributed by atoms with Crippen molar-refractivity contribution < 1.29 is 3.89 Å². The van der Waals surface area contributed by atoms with E-state index >= 15 is 3.89 Å². The molecule has 0 N–H and O–H groups in total. The lowest BCUT2D eigenvalue weighted by Gasteiger charge is -2.52. The van der Waals surface area contributed by atoms with Gasteiger partial charge in [-0.15, -0.1) is 0 Å². The lowest BCUT2D eigenvalue weighted by atomic mass is 10.1. The van der Waals surface area contributed by atoms with Gasteiger partial charge in [0.15, 0.2) is 0 Å². The first-order chi connectivity index (χ1) is 8.23. The van der Waals surface area contributed by atoms with E-state index in [1.165, 1.54) is 0 Å². The van der Waals surface area contributed by atoms with E-state index in [1.54, 1.807) is 0 Å². The molecule has 1 aromatic rings. The summed E-state index contributed by atoms with van der Waals surface area (Å²) < 4.78 is 17.6. The molecule has 0 bridgehead atoms. The first kappa shape index (κ1) is 16.6. The Hall–Kier alpha value is -0.440. The highest BCUT2D eigenvalue weighted by Crippen LogP contribution is 2.74. The van der Waals surface area contributed by atoms with Crippen LogP contribution in [0.15, 0.2) is 23.4 Å². The predicted octanol–water partition coefficient (Wildman–Crippen LogP) is 5.89. The van der Waals surface area contributed by atoms with Crippen molar-refractivity contribution in [1.82, 2.24) is 4.57 Å². The third-order valence-corrected chi connectivity index (χ3v) is 7.69. The van der Waals surface area contributed by atoms with Gasteiger partial charge in [-0.05, 0) is 84.9 Å². The Labute approximate surface area is 120 Å². The zero-order valence-electron chi connectivity index (χ0n) is 14.0. The molecular formula is C16H30FNS. The standard InChI is InChI=1S/C16H30FNS/c1-14(2,3)18-12-10-11-13(18)19(17,15(4,5)6)16(7,8)9/h10-12H,1-9H3. The molecule has 0 aliphatic carbocycles. The van der Waals surface area contributed by atoms with Gasteiger partial charge in [0.05, 0.1) is 5.03 Å². The fourth-order valence-electron chi connectivity index (χ4n) is 2.69. The quantitative estimate of drug-likeness (QED) is 0.607. The Kier molecular flexibility index (Phi) is 3.97. The third kappa shape index (κ3) is 2.72. The van der Waals surface area contributed by atoms with Crippen LogP contribution in [0.25, 0.3) is 0 Å². The molecular weight excluding hydrogens is 257 g/mol. The van der Waals surface area contributed by atoms with E-state index in [4.69, 9.17) is 0 Å². The summed E-state index contributed by atoms with van der Waals surface area (Å²) in [5, 5.41) is 0.861. The fourth-order valence-corrected chi connectivity index (χ4v) is 6.66. The predicted molar refractivity (Wildman–Crippen MR) is 85.9 cm³/mol. The SMILES string of the molecule is CC(C)(C)n1cccc1S(F)(C(C)(C)C)C(C)(C)C. The molecule has 1 heterocycles. The third-order valence-electron chi connectivity index (χ3n) is 3.41. The molecule has 0 aliphatic heterocycles. The summed E-state index contributed by atoms with van der Waals surface area (Å²) in [4.78, 5) is 0. The molecule has 112 valence electrons. The van der Waals surface area contributed by atoms with E-state index in [9.17, 15) is 0 Å². The molecule has 0 spiro atoms. The summed E-state index contributed by atoms with van der Waals surface area (Å²) in [5.74, 6) is 0. The number of nitrogens with zero attached hydrogens (tertiary/aromatic N) is 1. The number of hydrogen-bond donors (Lipinski definition) is 0. The number of hydrogen-bond acceptors (Lipinski definition) is 0. The Morgan fingerprint density at radius 1 is 0.895 bits per heavy atom. The van der Waals surface area contributed by atoms with Crippen LogP contribution in [0.3, 0.4) is 0 Å². The van der Waals surface area contributed by atoms with E-state index in [1.807, 2.05) is 59.9 Å². The smallest absolute Gasteiger partial charge is 0.0861 e. The number of rotatable bonds is 1. The fraction of sp³-hybridized carbons (Fsp3) is 0.750. The minimum absolute atomic E-state index is 0.0975. The summed E-state index contributed by atoms with van der Waals surface area (Å²) in [6, 6.07) is 3.94. The van der Waals surface area contributed by atoms with Crippen LogP contribution < -0.4 is 0 Å². The molecule has 3 heteroatoms. The van der Waals surface area contributed by atoms with Gasteiger partial charge < -0.3 is 4.57 Å². The first-order valence-corrected chi connectivity index (χ1v) is 8.46. The molecule has 1 aromatic heterocycles. The summed E-state index contributed by atoms with van der Waals surface area (Å²) >= 11 is 0. The molecule has 0 aromatic carbocycles. The molecule has 0 aliphatic rings. The average molecular weight is 287 g/mol. The molecule has 0 amide bonds. The normalized spacial score (nSPS) is 15.7. The largest absolute Gasteiger partial charge is 0.337 e. The van der Waals surface area contributed by atoms with Gasteiger partial charge in [0, 0.05) is 21.2 Å². The van der Waals surface area contributed by atoms with Crippen LogP contribution in [0.1, 0.15) is 62.3 Å². The van der Waals surface area contributed by atoms with E-state index in [-0.39, 0.29) is 15.0 Å². The molecule has 1 rings (SSSR count). The Morgan fingerprint density at radius 3 is 1.63 bits per heavy atom. The van der Waals surface area contributed by atoms with Gasteiger partial charge in [-0.25, -0.2) is 0 Å². The molecule has 0 saturated heterocycles. The zero-order valence-corrected chi connectivity index (χ0v) is 14.8. The number of halogens is 1. The zero-order chi connectivity index (χ0) is 15.3. The second-order valence-electron chi connectivity index (χ2n) is 8.15. The second kappa shape index (κ2) is 4.54. The van der Waals surface area contributed by atoms with Crippen molar-refractivity contribution in [2.75, 3.05) is 0 Å². The van der Waals surface area contributed by atoms with E-state index in [0.717, 1.165) is 5.03 Å². The molecule has 19 heavy (non-hydrogen) atoms. The van der Waals surface area contributed by atoms with Crippen LogP contribution in [-0.4, -0.2) is 14.1 Å². The van der Waals surface area contributed by atoms with Gasteiger partial charge in [0.2, 0.25) is 0 Å². The van der Waals surface area contributed by atoms with Gasteiger partial charge in [-0.3, -0.25) is 0 Å². The van der Waals surface area contributed by atoms with E-state index in [0.29, 0.717) is 0 Å². The molecule has 0 radical (unpaired) electrons. The number of aromatic nitrogens is 1. The van der Waals surface area contributed by atoms with Gasteiger partial charge in [-0.2, -0.15) is 3.89 Å². The maximum absolute atomic E-state index is 16.2. The Morgan fingerprint density at radius 2 is 1.32 bits per heavy atom. The minimum Gasteiger partial charge on any atom is -0.337 e. The highest BCUT2D eigenvalue weighted by atomic mass is 32.3. The summed E-state index contributed by atoms with van der Waals surface area (Å²) in [6.07, 6.45) is 2.01. The lowest BCUT2D eigenvalue weighted by Crippen LogP contribution is -2.38. The molecule has 0 unspecified atom stereocenters. The maximum atomic E-state index is 16.2. The van der Waals surface area contributed by atoms with Gasteiger partial charge >= 0.3 is 0 Å². The van der Waals surface area contributed by atoms with Crippen molar-refractivity contribution in [2.24, 2.45) is 0 Å². The highest BCUT2D eigenvalue weighted by Gasteiger charge is 2.50. The van der Waals surface area contributed by atoms with Crippen LogP contribution in [0.4, 0.5) is 3.89 Å². The highest BCUT2D eigenvalue weighted by molar-refractivity contribution is 8.31. The van der Waals surface area contributed by atoms with E-state index < -0.39 is 10.4 Å². The van der Waals surface area contributed by atoms with E-state index in [2.05, 4.69) is 25.3 Å². The molecule has 0 saturated carbocycles. The maximum Gasteiger partial charge on any atom is 0.0861 e. The molecule has 1 nitrogen and oxygen atoms in total. The van der Waals surface area contributed by atoms with Crippen LogP contribution >= 0.6 is 10.4 Å². The van der Waals surface area contributed by atoms with Crippen molar-refractivity contribution in [3.8, 4) is 0 Å². The van der Waals surface area contributed by atoms with Crippen molar-refractivity contribution >= 4 is 10.4 Å². The second-order valence-corrected chi connectivity index (χ2v) is 12.1. The van der Waals surface area contributed by atoms with Crippen LogP contribution in [0.2, 0.25) is 0 Å². The molecule has 0 fully saturated rings. The minimum atomic E-state index is -2.46. The topological polar surface area (TPSA) is 4.93 Å². The summed E-state index contributed by atoms with van der Waals surface area (Å²) in [6.45, 7) is 18.5. The van der Waals surface area contributed by atoms with Crippen molar-refractivity contribution in [3.63, 3.8) is 0 Å². The Bertz CT molecular complexity index is 427. The van der Waals surface area contributed by atoms with Crippen molar-refractivity contribution in [3.05, 3.63) is 18.3 Å². The average Bonchev–Trinajstić information content (AvgIpc) is 2.59. The Balaban J connectivity index is 3.59. The monoisotopic (exact) mass is 287 g/mol.